The maximum Gasteiger partial charge on any atom is 0.326 e. The van der Waals surface area contributed by atoms with Gasteiger partial charge in [-0.2, -0.15) is 0 Å². The van der Waals surface area contributed by atoms with Crippen molar-refractivity contribution in [3.63, 3.8) is 0 Å². The van der Waals surface area contributed by atoms with Gasteiger partial charge in [-0.25, -0.2) is 4.79 Å². The molecule has 0 aliphatic rings. The third kappa shape index (κ3) is 3.73. The van der Waals surface area contributed by atoms with Crippen LogP contribution in [0.15, 0.2) is 65.3 Å². The lowest BCUT2D eigenvalue weighted by molar-refractivity contribution is 0.0967. The van der Waals surface area contributed by atoms with E-state index in [1.807, 2.05) is 12.1 Å². The third-order valence-corrected chi connectivity index (χ3v) is 3.67. The normalized spacial score (nSPS) is 10.3. The number of imide groups is 1. The highest BCUT2D eigenvalue weighted by Crippen LogP contribution is 2.16. The zero-order valence-electron chi connectivity index (χ0n) is 11.9. The Morgan fingerprint density at radius 3 is 2.70 bits per heavy atom. The molecule has 0 unspecified atom stereocenters. The fraction of sp³-hybridized carbons (Fsp3) is 0. The average molecular weight is 370 g/mol. The number of urea groups is 1. The number of amides is 3. The molecule has 0 saturated carbocycles. The number of pyridine rings is 1. The van der Waals surface area contributed by atoms with E-state index in [9.17, 15) is 9.59 Å². The molecule has 5 nitrogen and oxygen atoms in total. The van der Waals surface area contributed by atoms with E-state index in [0.717, 1.165) is 15.4 Å². The van der Waals surface area contributed by atoms with Crippen molar-refractivity contribution < 1.29 is 9.59 Å². The zero-order chi connectivity index (χ0) is 16.2. The van der Waals surface area contributed by atoms with E-state index in [4.69, 9.17) is 0 Å². The van der Waals surface area contributed by atoms with E-state index in [-0.39, 0.29) is 0 Å². The number of nitrogens with one attached hydrogen (secondary N) is 2. The molecule has 2 N–H and O–H groups in total. The fourth-order valence-corrected chi connectivity index (χ4v) is 2.52. The van der Waals surface area contributed by atoms with Crippen molar-refractivity contribution in [3.05, 3.63) is 70.8 Å². The minimum Gasteiger partial charge on any atom is -0.308 e. The van der Waals surface area contributed by atoms with Crippen molar-refractivity contribution in [2.45, 2.75) is 0 Å². The fourth-order valence-electron chi connectivity index (χ4n) is 2.12. The number of fused-ring (bicyclic) bond motifs is 1. The first-order valence-electron chi connectivity index (χ1n) is 6.84. The number of hydrogen-bond donors (Lipinski definition) is 2. The van der Waals surface area contributed by atoms with Crippen LogP contribution in [-0.2, 0) is 0 Å². The molecular formula is C17H12BrN3O2. The lowest BCUT2D eigenvalue weighted by Crippen LogP contribution is -2.34. The topological polar surface area (TPSA) is 71.1 Å². The summed E-state index contributed by atoms with van der Waals surface area (Å²) in [6.45, 7) is 0. The number of carbonyl (C=O) groups is 2. The maximum atomic E-state index is 12.2. The lowest BCUT2D eigenvalue weighted by Gasteiger charge is -2.07. The monoisotopic (exact) mass is 369 g/mol. The van der Waals surface area contributed by atoms with Gasteiger partial charge in [0.15, 0.2) is 0 Å². The molecule has 6 heteroatoms. The molecule has 114 valence electrons. The first-order chi connectivity index (χ1) is 11.1. The number of carbonyl (C=O) groups excluding carboxylic acids is 2. The van der Waals surface area contributed by atoms with Crippen LogP contribution < -0.4 is 10.6 Å². The van der Waals surface area contributed by atoms with Crippen LogP contribution in [0.2, 0.25) is 0 Å². The molecule has 0 atom stereocenters. The van der Waals surface area contributed by atoms with Crippen LogP contribution in [0.25, 0.3) is 10.9 Å². The summed E-state index contributed by atoms with van der Waals surface area (Å²) in [5, 5.41) is 5.75. The van der Waals surface area contributed by atoms with Gasteiger partial charge < -0.3 is 5.32 Å². The van der Waals surface area contributed by atoms with Crippen molar-refractivity contribution >= 4 is 44.5 Å². The van der Waals surface area contributed by atoms with Gasteiger partial charge in [-0.15, -0.1) is 0 Å². The van der Waals surface area contributed by atoms with Crippen LogP contribution in [-0.4, -0.2) is 16.9 Å². The van der Waals surface area contributed by atoms with Crippen LogP contribution in [0, 0.1) is 0 Å². The second-order valence-electron chi connectivity index (χ2n) is 4.83. The van der Waals surface area contributed by atoms with Crippen molar-refractivity contribution in [1.29, 1.82) is 0 Å². The molecule has 1 aromatic heterocycles. The van der Waals surface area contributed by atoms with Gasteiger partial charge >= 0.3 is 6.03 Å². The standard InChI is InChI=1S/C17H12BrN3O2/c18-13-4-1-5-14(10-13)20-17(23)21-16(22)12-6-7-15-11(9-12)3-2-8-19-15/h1-10H,(H2,20,21,22,23). The van der Waals surface area contributed by atoms with Gasteiger partial charge in [-0.1, -0.05) is 28.1 Å². The summed E-state index contributed by atoms with van der Waals surface area (Å²) in [5.41, 5.74) is 1.78. The van der Waals surface area contributed by atoms with Crippen LogP contribution in [0.5, 0.6) is 0 Å². The molecule has 0 aliphatic carbocycles. The quantitative estimate of drug-likeness (QED) is 0.717. The van der Waals surface area contributed by atoms with E-state index in [2.05, 4.69) is 31.5 Å². The molecule has 0 bridgehead atoms. The minimum atomic E-state index is -0.584. The second-order valence-corrected chi connectivity index (χ2v) is 5.75. The zero-order valence-corrected chi connectivity index (χ0v) is 13.5. The smallest absolute Gasteiger partial charge is 0.308 e. The van der Waals surface area contributed by atoms with E-state index < -0.39 is 11.9 Å². The summed E-state index contributed by atoms with van der Waals surface area (Å²) in [6, 6.07) is 15.3. The van der Waals surface area contributed by atoms with Crippen LogP contribution in [0.4, 0.5) is 10.5 Å². The lowest BCUT2D eigenvalue weighted by atomic mass is 10.1. The summed E-state index contributed by atoms with van der Waals surface area (Å²) in [4.78, 5) is 28.2. The Morgan fingerprint density at radius 1 is 1.00 bits per heavy atom. The van der Waals surface area contributed by atoms with Gasteiger partial charge in [0.05, 0.1) is 5.52 Å². The Kier molecular flexibility index (Phi) is 4.34. The molecular weight excluding hydrogens is 358 g/mol. The molecule has 23 heavy (non-hydrogen) atoms. The highest BCUT2D eigenvalue weighted by molar-refractivity contribution is 9.10. The largest absolute Gasteiger partial charge is 0.326 e. The summed E-state index contributed by atoms with van der Waals surface area (Å²) in [5.74, 6) is -0.469. The van der Waals surface area contributed by atoms with Gasteiger partial charge in [0, 0.05) is 27.3 Å². The highest BCUT2D eigenvalue weighted by Gasteiger charge is 2.11. The number of halogens is 1. The van der Waals surface area contributed by atoms with Crippen molar-refractivity contribution in [2.24, 2.45) is 0 Å². The molecule has 0 spiro atoms. The average Bonchev–Trinajstić information content (AvgIpc) is 2.54. The van der Waals surface area contributed by atoms with E-state index in [1.54, 1.807) is 48.7 Å². The third-order valence-electron chi connectivity index (χ3n) is 3.17. The van der Waals surface area contributed by atoms with Crippen molar-refractivity contribution in [3.8, 4) is 0 Å². The molecule has 0 aliphatic heterocycles. The highest BCUT2D eigenvalue weighted by atomic mass is 79.9. The molecule has 3 rings (SSSR count). The van der Waals surface area contributed by atoms with Crippen LogP contribution in [0.3, 0.4) is 0 Å². The van der Waals surface area contributed by atoms with Gasteiger partial charge in [0.25, 0.3) is 5.91 Å². The van der Waals surface area contributed by atoms with Gasteiger partial charge in [-0.3, -0.25) is 15.1 Å². The summed E-state index contributed by atoms with van der Waals surface area (Å²) in [7, 11) is 0. The molecule has 0 fully saturated rings. The molecule has 3 aromatic rings. The number of aromatic nitrogens is 1. The Morgan fingerprint density at radius 2 is 1.87 bits per heavy atom. The number of benzene rings is 2. The number of anilines is 1. The molecule has 2 aromatic carbocycles. The van der Waals surface area contributed by atoms with Crippen LogP contribution >= 0.6 is 15.9 Å². The summed E-state index contributed by atoms with van der Waals surface area (Å²) in [6.07, 6.45) is 1.69. The molecule has 0 radical (unpaired) electrons. The molecule has 3 amide bonds. The van der Waals surface area contributed by atoms with Gasteiger partial charge in [0.2, 0.25) is 0 Å². The second kappa shape index (κ2) is 6.58. The van der Waals surface area contributed by atoms with E-state index in [1.165, 1.54) is 0 Å². The Balaban J connectivity index is 1.71. The van der Waals surface area contributed by atoms with Gasteiger partial charge in [0.1, 0.15) is 0 Å². The first kappa shape index (κ1) is 15.2. The Bertz CT molecular complexity index is 896. The maximum absolute atomic E-state index is 12.2. The first-order valence-corrected chi connectivity index (χ1v) is 7.64. The predicted molar refractivity (Wildman–Crippen MR) is 92.4 cm³/mol. The van der Waals surface area contributed by atoms with Gasteiger partial charge in [-0.05, 0) is 42.5 Å². The Labute approximate surface area is 140 Å². The Hall–Kier alpha value is -2.73. The van der Waals surface area contributed by atoms with E-state index >= 15 is 0 Å². The minimum absolute atomic E-state index is 0.398. The summed E-state index contributed by atoms with van der Waals surface area (Å²) >= 11 is 3.32. The predicted octanol–water partition coefficient (Wildman–Crippen LogP) is 3.96. The van der Waals surface area contributed by atoms with Crippen LogP contribution in [0.1, 0.15) is 10.4 Å². The summed E-state index contributed by atoms with van der Waals surface area (Å²) < 4.78 is 0.837. The molecule has 1 heterocycles. The van der Waals surface area contributed by atoms with Crippen molar-refractivity contribution in [1.82, 2.24) is 10.3 Å². The number of nitrogens with zero attached hydrogens (tertiary/aromatic N) is 1. The molecule has 0 saturated heterocycles. The SMILES string of the molecule is O=C(NC(=O)c1ccc2ncccc2c1)Nc1cccc(Br)c1. The van der Waals surface area contributed by atoms with Crippen molar-refractivity contribution in [2.75, 3.05) is 5.32 Å². The number of rotatable bonds is 2. The number of hydrogen-bond acceptors (Lipinski definition) is 3. The van der Waals surface area contributed by atoms with E-state index in [0.29, 0.717) is 11.3 Å².